The average molecular weight is 295 g/mol. The molecule has 0 atom stereocenters. The number of amides is 1. The number of rotatable bonds is 4. The largest absolute Gasteiger partial charge is 0.478 e. The molecule has 0 spiro atoms. The fraction of sp³-hybridized carbons (Fsp3) is 0.429. The highest BCUT2D eigenvalue weighted by atomic mass is 32.1. The van der Waals surface area contributed by atoms with Crippen LogP contribution in [0.3, 0.4) is 0 Å². The number of hydrogen-bond donors (Lipinski definition) is 1. The van der Waals surface area contributed by atoms with Crippen LogP contribution >= 0.6 is 11.3 Å². The van der Waals surface area contributed by atoms with Crippen molar-refractivity contribution in [3.8, 4) is 0 Å². The molecule has 1 saturated heterocycles. The number of carboxylic acids is 1. The molecule has 1 aliphatic rings. The van der Waals surface area contributed by atoms with Crippen molar-refractivity contribution in [2.45, 2.75) is 18.9 Å². The fourth-order valence-electron chi connectivity index (χ4n) is 2.15. The summed E-state index contributed by atoms with van der Waals surface area (Å²) in [6.45, 7) is 1.39. The maximum absolute atomic E-state index is 12.3. The van der Waals surface area contributed by atoms with Gasteiger partial charge in [0.25, 0.3) is 5.91 Å². The second-order valence-electron chi connectivity index (χ2n) is 4.67. The van der Waals surface area contributed by atoms with Crippen LogP contribution in [0.2, 0.25) is 0 Å². The van der Waals surface area contributed by atoms with E-state index in [9.17, 15) is 9.59 Å². The van der Waals surface area contributed by atoms with E-state index in [1.807, 2.05) is 7.05 Å². The van der Waals surface area contributed by atoms with Crippen molar-refractivity contribution >= 4 is 29.3 Å². The first-order valence-corrected chi connectivity index (χ1v) is 7.30. The van der Waals surface area contributed by atoms with Crippen molar-refractivity contribution < 1.29 is 19.4 Å². The summed E-state index contributed by atoms with van der Waals surface area (Å²) in [5, 5.41) is 10.3. The van der Waals surface area contributed by atoms with E-state index in [0.29, 0.717) is 18.8 Å². The number of hydrogen-bond acceptors (Lipinski definition) is 4. The Hall–Kier alpha value is -1.66. The van der Waals surface area contributed by atoms with E-state index < -0.39 is 5.97 Å². The molecule has 6 heteroatoms. The molecule has 1 aromatic rings. The summed E-state index contributed by atoms with van der Waals surface area (Å²) in [5.74, 6) is -1.02. The van der Waals surface area contributed by atoms with Gasteiger partial charge in [0.2, 0.25) is 0 Å². The molecule has 2 heterocycles. The molecule has 0 radical (unpaired) electrons. The van der Waals surface area contributed by atoms with Gasteiger partial charge >= 0.3 is 5.97 Å². The molecule has 20 heavy (non-hydrogen) atoms. The van der Waals surface area contributed by atoms with Crippen LogP contribution in [0.1, 0.15) is 28.1 Å². The van der Waals surface area contributed by atoms with Crippen LogP contribution in [0.15, 0.2) is 17.5 Å². The highest BCUT2D eigenvalue weighted by Gasteiger charge is 2.23. The molecule has 0 unspecified atom stereocenters. The number of aliphatic carboxylic acids is 1. The Bertz CT molecular complexity index is 517. The predicted molar refractivity (Wildman–Crippen MR) is 76.9 cm³/mol. The minimum absolute atomic E-state index is 0.0249. The zero-order valence-electron chi connectivity index (χ0n) is 11.2. The van der Waals surface area contributed by atoms with Crippen LogP contribution < -0.4 is 0 Å². The third kappa shape index (κ3) is 3.68. The van der Waals surface area contributed by atoms with E-state index in [0.717, 1.165) is 23.8 Å². The van der Waals surface area contributed by atoms with Crippen LogP contribution in [-0.4, -0.2) is 48.2 Å². The average Bonchev–Trinajstić information content (AvgIpc) is 2.93. The Morgan fingerprint density at radius 3 is 2.80 bits per heavy atom. The maximum atomic E-state index is 12.3. The molecule has 0 bridgehead atoms. The molecular weight excluding hydrogens is 278 g/mol. The van der Waals surface area contributed by atoms with Crippen LogP contribution in [0, 0.1) is 0 Å². The van der Waals surface area contributed by atoms with Gasteiger partial charge < -0.3 is 14.7 Å². The highest BCUT2D eigenvalue weighted by Crippen LogP contribution is 2.20. The van der Waals surface area contributed by atoms with E-state index in [4.69, 9.17) is 9.84 Å². The Balaban J connectivity index is 2.03. The third-order valence-electron chi connectivity index (χ3n) is 3.32. The molecule has 5 nitrogen and oxygen atoms in total. The Kier molecular flexibility index (Phi) is 4.92. The summed E-state index contributed by atoms with van der Waals surface area (Å²) in [4.78, 5) is 25.3. The van der Waals surface area contributed by atoms with Crippen molar-refractivity contribution in [3.05, 3.63) is 28.0 Å². The van der Waals surface area contributed by atoms with Gasteiger partial charge in [-0.25, -0.2) is 4.79 Å². The molecule has 108 valence electrons. The lowest BCUT2D eigenvalue weighted by Crippen LogP contribution is -2.40. The number of carbonyl (C=O) groups is 2. The van der Waals surface area contributed by atoms with E-state index >= 15 is 0 Å². The van der Waals surface area contributed by atoms with Gasteiger partial charge in [-0.3, -0.25) is 4.79 Å². The van der Waals surface area contributed by atoms with Gasteiger partial charge in [-0.15, -0.1) is 11.3 Å². The number of carboxylic acid groups (broad SMARTS) is 1. The van der Waals surface area contributed by atoms with Gasteiger partial charge in [0.15, 0.2) is 0 Å². The molecule has 1 aliphatic heterocycles. The maximum Gasteiger partial charge on any atom is 0.328 e. The smallest absolute Gasteiger partial charge is 0.328 e. The quantitative estimate of drug-likeness (QED) is 0.864. The fourth-order valence-corrected chi connectivity index (χ4v) is 2.92. The van der Waals surface area contributed by atoms with E-state index in [1.165, 1.54) is 17.4 Å². The standard InChI is InChI=1S/C14H17NO4S/c1-15(11-4-6-19-7-5-11)14(18)10-8-12(20-9-10)2-3-13(16)17/h2-3,8-9,11H,4-7H2,1H3,(H,16,17). The first-order valence-electron chi connectivity index (χ1n) is 6.42. The molecule has 1 aromatic heterocycles. The third-order valence-corrected chi connectivity index (χ3v) is 4.21. The summed E-state index contributed by atoms with van der Waals surface area (Å²) >= 11 is 1.36. The van der Waals surface area contributed by atoms with Gasteiger partial charge in [0.1, 0.15) is 0 Å². The second kappa shape index (κ2) is 6.67. The number of thiophene rings is 1. The first-order chi connectivity index (χ1) is 9.58. The number of carbonyl (C=O) groups excluding carboxylic acids is 1. The zero-order chi connectivity index (χ0) is 14.5. The van der Waals surface area contributed by atoms with Gasteiger partial charge in [0, 0.05) is 42.6 Å². The summed E-state index contributed by atoms with van der Waals surface area (Å²) in [7, 11) is 1.81. The number of ether oxygens (including phenoxy) is 1. The van der Waals surface area contributed by atoms with Crippen molar-refractivity contribution in [2.24, 2.45) is 0 Å². The van der Waals surface area contributed by atoms with Crippen LogP contribution in [0.5, 0.6) is 0 Å². The van der Waals surface area contributed by atoms with Gasteiger partial charge in [-0.2, -0.15) is 0 Å². The van der Waals surface area contributed by atoms with Crippen molar-refractivity contribution in [1.82, 2.24) is 4.90 Å². The normalized spacial score (nSPS) is 16.4. The minimum Gasteiger partial charge on any atom is -0.478 e. The van der Waals surface area contributed by atoms with Crippen molar-refractivity contribution in [3.63, 3.8) is 0 Å². The van der Waals surface area contributed by atoms with Crippen molar-refractivity contribution in [1.29, 1.82) is 0 Å². The molecular formula is C14H17NO4S. The van der Waals surface area contributed by atoms with E-state index in [2.05, 4.69) is 0 Å². The van der Waals surface area contributed by atoms with E-state index in [1.54, 1.807) is 16.3 Å². The van der Waals surface area contributed by atoms with Crippen LogP contribution in [-0.2, 0) is 9.53 Å². The molecule has 2 rings (SSSR count). The highest BCUT2D eigenvalue weighted by molar-refractivity contribution is 7.11. The second-order valence-corrected chi connectivity index (χ2v) is 5.61. The molecule has 0 aliphatic carbocycles. The summed E-state index contributed by atoms with van der Waals surface area (Å²) in [5.41, 5.74) is 0.606. The van der Waals surface area contributed by atoms with Crippen LogP contribution in [0.25, 0.3) is 6.08 Å². The lowest BCUT2D eigenvalue weighted by atomic mass is 10.1. The Morgan fingerprint density at radius 1 is 1.45 bits per heavy atom. The van der Waals surface area contributed by atoms with Crippen molar-refractivity contribution in [2.75, 3.05) is 20.3 Å². The molecule has 0 aromatic carbocycles. The minimum atomic E-state index is -0.995. The molecule has 0 saturated carbocycles. The van der Waals surface area contributed by atoms with Gasteiger partial charge in [-0.05, 0) is 25.0 Å². The SMILES string of the molecule is CN(C(=O)c1csc(C=CC(=O)O)c1)C1CCOCC1. The molecule has 1 amide bonds. The number of nitrogens with zero attached hydrogens (tertiary/aromatic N) is 1. The summed E-state index contributed by atoms with van der Waals surface area (Å²) in [6.07, 6.45) is 4.29. The molecule has 1 fully saturated rings. The van der Waals surface area contributed by atoms with E-state index in [-0.39, 0.29) is 11.9 Å². The lowest BCUT2D eigenvalue weighted by molar-refractivity contribution is -0.131. The molecule has 1 N–H and O–H groups in total. The Morgan fingerprint density at radius 2 is 2.15 bits per heavy atom. The lowest BCUT2D eigenvalue weighted by Gasteiger charge is -2.31. The first kappa shape index (κ1) is 14.7. The van der Waals surface area contributed by atoms with Gasteiger partial charge in [0.05, 0.1) is 5.56 Å². The topological polar surface area (TPSA) is 66.8 Å². The Labute approximate surface area is 121 Å². The summed E-state index contributed by atoms with van der Waals surface area (Å²) < 4.78 is 5.29. The monoisotopic (exact) mass is 295 g/mol. The van der Waals surface area contributed by atoms with Crippen LogP contribution in [0.4, 0.5) is 0 Å². The summed E-state index contributed by atoms with van der Waals surface area (Å²) in [6, 6.07) is 1.94. The van der Waals surface area contributed by atoms with Gasteiger partial charge in [-0.1, -0.05) is 0 Å². The zero-order valence-corrected chi connectivity index (χ0v) is 12.1. The predicted octanol–water partition coefficient (Wildman–Crippen LogP) is 2.10.